The van der Waals surface area contributed by atoms with Crippen LogP contribution in [-0.4, -0.2) is 34.2 Å². The van der Waals surface area contributed by atoms with Crippen molar-refractivity contribution >= 4 is 23.4 Å². The Hall–Kier alpha value is -2.75. The van der Waals surface area contributed by atoms with Gasteiger partial charge in [-0.05, 0) is 6.07 Å². The molecule has 0 aliphatic heterocycles. The number of aliphatic hydroxyl groups excluding tert-OH is 1. The van der Waals surface area contributed by atoms with Crippen molar-refractivity contribution < 1.29 is 28.7 Å². The van der Waals surface area contributed by atoms with Crippen LogP contribution in [0, 0.1) is 21.3 Å². The smallest absolute Gasteiger partial charge is 0.405 e. The molecule has 0 aliphatic rings. The lowest BCUT2D eigenvalue weighted by Gasteiger charge is -2.41. The van der Waals surface area contributed by atoms with Crippen LogP contribution in [-0.2, 0) is 9.53 Å². The fourth-order valence-electron chi connectivity index (χ4n) is 2.35. The molecule has 1 aromatic rings. The fourth-order valence-corrected chi connectivity index (χ4v) is 2.35. The first-order valence-electron chi connectivity index (χ1n) is 7.29. The number of ether oxygens (including phenoxy) is 1. The minimum absolute atomic E-state index is 0.278. The number of carbonyl (C=O) groups is 2. The number of nitrogens with two attached hydrogens (primary N) is 1. The molecular formula is C15H20FN3O6. The number of amides is 2. The predicted molar refractivity (Wildman–Crippen MR) is 86.2 cm³/mol. The van der Waals surface area contributed by atoms with E-state index in [4.69, 9.17) is 10.5 Å². The maximum Gasteiger partial charge on any atom is 0.405 e. The molecule has 0 heterocycles. The lowest BCUT2D eigenvalue weighted by molar-refractivity contribution is -0.385. The van der Waals surface area contributed by atoms with E-state index in [0.717, 1.165) is 12.1 Å². The van der Waals surface area contributed by atoms with Gasteiger partial charge in [0, 0.05) is 24.5 Å². The summed E-state index contributed by atoms with van der Waals surface area (Å²) in [6.45, 7) is 4.24. The second kappa shape index (κ2) is 7.43. The van der Waals surface area contributed by atoms with Crippen molar-refractivity contribution in [2.45, 2.75) is 32.8 Å². The van der Waals surface area contributed by atoms with Crippen LogP contribution in [0.3, 0.4) is 0 Å². The number of nitrogens with one attached hydrogen (secondary N) is 1. The first-order valence-corrected chi connectivity index (χ1v) is 7.29. The van der Waals surface area contributed by atoms with E-state index < -0.39 is 46.1 Å². The van der Waals surface area contributed by atoms with Crippen molar-refractivity contribution in [3.63, 3.8) is 0 Å². The fraction of sp³-hybridized carbons (Fsp3) is 0.467. The minimum atomic E-state index is -1.87. The quantitative estimate of drug-likeness (QED) is 0.524. The lowest BCUT2D eigenvalue weighted by Crippen LogP contribution is -2.57. The number of primary amides is 1. The molecular weight excluding hydrogens is 337 g/mol. The molecule has 0 unspecified atom stereocenters. The Morgan fingerprint density at radius 2 is 2.00 bits per heavy atom. The molecule has 0 aromatic heterocycles. The predicted octanol–water partition coefficient (Wildman–Crippen LogP) is 1.94. The highest BCUT2D eigenvalue weighted by Gasteiger charge is 2.51. The summed E-state index contributed by atoms with van der Waals surface area (Å²) in [4.78, 5) is 33.8. The second-order valence-corrected chi connectivity index (χ2v) is 6.35. The van der Waals surface area contributed by atoms with Gasteiger partial charge in [-0.15, -0.1) is 0 Å². The maximum atomic E-state index is 14.0. The van der Waals surface area contributed by atoms with E-state index in [9.17, 15) is 29.2 Å². The summed E-state index contributed by atoms with van der Waals surface area (Å²) in [6, 6.07) is 2.68. The van der Waals surface area contributed by atoms with Gasteiger partial charge in [0.25, 0.3) is 11.6 Å². The molecule has 0 fully saturated rings. The number of non-ortho nitro benzene ring substituents is 1. The molecule has 2 amide bonds. The van der Waals surface area contributed by atoms with Gasteiger partial charge >= 0.3 is 6.09 Å². The van der Waals surface area contributed by atoms with Gasteiger partial charge in [-0.3, -0.25) is 14.9 Å². The molecule has 25 heavy (non-hydrogen) atoms. The van der Waals surface area contributed by atoms with Crippen LogP contribution in [0.2, 0.25) is 0 Å². The third kappa shape index (κ3) is 4.41. The van der Waals surface area contributed by atoms with Crippen molar-refractivity contribution in [2.75, 3.05) is 11.9 Å². The number of aliphatic hydroxyl groups is 1. The van der Waals surface area contributed by atoms with Crippen LogP contribution in [0.1, 0.15) is 27.2 Å². The van der Waals surface area contributed by atoms with E-state index in [1.807, 2.05) is 0 Å². The third-order valence-electron chi connectivity index (χ3n) is 3.73. The molecule has 0 saturated heterocycles. The molecule has 0 radical (unpaired) electrons. The summed E-state index contributed by atoms with van der Waals surface area (Å²) in [5.74, 6) is -1.95. The number of hydrogen-bond acceptors (Lipinski definition) is 6. The average Bonchev–Trinajstić information content (AvgIpc) is 2.46. The number of nitro benzene ring substituents is 1. The highest BCUT2D eigenvalue weighted by atomic mass is 19.1. The van der Waals surface area contributed by atoms with Gasteiger partial charge in [0.2, 0.25) is 0 Å². The molecule has 10 heteroatoms. The van der Waals surface area contributed by atoms with E-state index in [2.05, 4.69) is 5.32 Å². The van der Waals surface area contributed by atoms with Gasteiger partial charge in [-0.25, -0.2) is 9.18 Å². The highest BCUT2D eigenvalue weighted by Crippen LogP contribution is 2.38. The molecule has 0 aliphatic carbocycles. The number of nitro groups is 1. The highest BCUT2D eigenvalue weighted by molar-refractivity contribution is 5.99. The lowest BCUT2D eigenvalue weighted by atomic mass is 9.73. The van der Waals surface area contributed by atoms with Gasteiger partial charge in [0.15, 0.2) is 11.4 Å². The molecule has 1 rings (SSSR count). The molecule has 138 valence electrons. The summed E-state index contributed by atoms with van der Waals surface area (Å²) in [5.41, 5.74) is 1.36. The molecule has 4 N–H and O–H groups in total. The van der Waals surface area contributed by atoms with Gasteiger partial charge < -0.3 is 20.9 Å². The Balaban J connectivity index is 3.26. The van der Waals surface area contributed by atoms with Crippen molar-refractivity contribution in [1.82, 2.24) is 0 Å². The summed E-state index contributed by atoms with van der Waals surface area (Å²) in [7, 11) is 0. The van der Waals surface area contributed by atoms with E-state index in [1.54, 1.807) is 20.8 Å². The molecule has 9 nitrogen and oxygen atoms in total. The third-order valence-corrected chi connectivity index (χ3v) is 3.73. The first-order chi connectivity index (χ1) is 11.4. The first kappa shape index (κ1) is 20.3. The van der Waals surface area contributed by atoms with Crippen LogP contribution in [0.15, 0.2) is 18.2 Å². The monoisotopic (exact) mass is 357 g/mol. The molecule has 1 atom stereocenters. The van der Waals surface area contributed by atoms with Gasteiger partial charge in [0.1, 0.15) is 0 Å². The number of anilines is 1. The van der Waals surface area contributed by atoms with E-state index in [0.29, 0.717) is 6.07 Å². The zero-order valence-corrected chi connectivity index (χ0v) is 14.0. The second-order valence-electron chi connectivity index (χ2n) is 6.35. The number of halogens is 1. The van der Waals surface area contributed by atoms with Crippen molar-refractivity contribution in [3.8, 4) is 0 Å². The number of hydrogen-bond donors (Lipinski definition) is 3. The number of carbonyl (C=O) groups excluding carboxylic acids is 2. The summed E-state index contributed by atoms with van der Waals surface area (Å²) >= 11 is 0. The van der Waals surface area contributed by atoms with Crippen molar-refractivity contribution in [2.24, 2.45) is 11.1 Å². The summed E-state index contributed by atoms with van der Waals surface area (Å²) < 4.78 is 19.0. The van der Waals surface area contributed by atoms with E-state index in [-0.39, 0.29) is 12.1 Å². The van der Waals surface area contributed by atoms with Crippen LogP contribution < -0.4 is 11.1 Å². The van der Waals surface area contributed by atoms with Crippen LogP contribution in [0.5, 0.6) is 0 Å². The topological polar surface area (TPSA) is 145 Å². The van der Waals surface area contributed by atoms with Crippen molar-refractivity contribution in [1.29, 1.82) is 0 Å². The zero-order chi connectivity index (χ0) is 19.4. The van der Waals surface area contributed by atoms with Crippen molar-refractivity contribution in [3.05, 3.63) is 34.1 Å². The van der Waals surface area contributed by atoms with Crippen LogP contribution in [0.25, 0.3) is 0 Å². The van der Waals surface area contributed by atoms with E-state index >= 15 is 0 Å². The standard InChI is InChI=1S/C15H20FN3O6/c1-14(2,3)15(6-7-20,25-13(17)22)12(21)18-11-5-4-9(19(23)24)8-10(11)16/h4-5,8,20H,6-7H2,1-3H3,(H2,17,22)(H,18,21)/t15-/m1/s1. The molecule has 0 spiro atoms. The largest absolute Gasteiger partial charge is 0.432 e. The average molecular weight is 357 g/mol. The zero-order valence-electron chi connectivity index (χ0n) is 14.0. The summed E-state index contributed by atoms with van der Waals surface area (Å²) in [6.07, 6.45) is -1.51. The molecule has 0 saturated carbocycles. The van der Waals surface area contributed by atoms with Gasteiger partial charge in [-0.2, -0.15) is 0 Å². The molecule has 1 aromatic carbocycles. The Labute approximate surface area is 143 Å². The number of benzene rings is 1. The number of nitrogens with zero attached hydrogens (tertiary/aromatic N) is 1. The SMILES string of the molecule is CC(C)(C)[C@](CCO)(OC(N)=O)C(=O)Nc1ccc([N+](=O)[O-])cc1F. The Bertz CT molecular complexity index is 688. The van der Waals surface area contributed by atoms with Gasteiger partial charge in [-0.1, -0.05) is 20.8 Å². The minimum Gasteiger partial charge on any atom is -0.432 e. The Morgan fingerprint density at radius 3 is 2.40 bits per heavy atom. The maximum absolute atomic E-state index is 14.0. The Morgan fingerprint density at radius 1 is 1.40 bits per heavy atom. The van der Waals surface area contributed by atoms with E-state index in [1.165, 1.54) is 0 Å². The Kier molecular flexibility index (Phi) is 6.03. The summed E-state index contributed by atoms with van der Waals surface area (Å²) in [5, 5.41) is 22.2. The van der Waals surface area contributed by atoms with Crippen LogP contribution >= 0.6 is 0 Å². The van der Waals surface area contributed by atoms with Gasteiger partial charge in [0.05, 0.1) is 16.7 Å². The van der Waals surface area contributed by atoms with Crippen LogP contribution in [0.4, 0.5) is 20.6 Å². The normalized spacial score (nSPS) is 13.6. The molecule has 0 bridgehead atoms. The number of rotatable bonds is 6.